The molecule has 2 aromatic heterocycles. The van der Waals surface area contributed by atoms with Crippen LogP contribution in [0, 0.1) is 0 Å². The van der Waals surface area contributed by atoms with Crippen LogP contribution < -0.4 is 4.90 Å². The van der Waals surface area contributed by atoms with E-state index in [9.17, 15) is 4.79 Å². The molecule has 2 aromatic carbocycles. The molecule has 0 saturated carbocycles. The van der Waals surface area contributed by atoms with E-state index in [0.717, 1.165) is 23.2 Å². The molecular formula is C20H16Cl2N4OS. The van der Waals surface area contributed by atoms with Crippen LogP contribution in [0.1, 0.15) is 16.8 Å². The molecule has 0 saturated heterocycles. The fourth-order valence-corrected chi connectivity index (χ4v) is 4.26. The lowest BCUT2D eigenvalue weighted by Gasteiger charge is -2.20. The van der Waals surface area contributed by atoms with Gasteiger partial charge < -0.3 is 4.57 Å². The van der Waals surface area contributed by atoms with E-state index >= 15 is 0 Å². The maximum absolute atomic E-state index is 13.2. The highest BCUT2D eigenvalue weighted by Crippen LogP contribution is 2.31. The van der Waals surface area contributed by atoms with E-state index in [4.69, 9.17) is 23.2 Å². The third-order valence-corrected chi connectivity index (χ3v) is 5.79. The van der Waals surface area contributed by atoms with Crippen molar-refractivity contribution in [1.82, 2.24) is 14.5 Å². The van der Waals surface area contributed by atoms with Gasteiger partial charge in [-0.2, -0.15) is 0 Å². The minimum absolute atomic E-state index is 0.104. The number of fused-ring (bicyclic) bond motifs is 1. The van der Waals surface area contributed by atoms with Gasteiger partial charge in [-0.25, -0.2) is 9.97 Å². The largest absolute Gasteiger partial charge is 0.337 e. The predicted molar refractivity (Wildman–Crippen MR) is 115 cm³/mol. The minimum atomic E-state index is -0.104. The number of imidazole rings is 1. The first-order valence-corrected chi connectivity index (χ1v) is 10.3. The third kappa shape index (κ3) is 4.19. The molecule has 0 N–H and O–H groups in total. The van der Waals surface area contributed by atoms with Crippen LogP contribution in [0.5, 0.6) is 0 Å². The number of hydrogen-bond acceptors (Lipinski definition) is 4. The average Bonchev–Trinajstić information content (AvgIpc) is 3.34. The SMILES string of the molecule is O=C(c1ccc(Cl)cc1)N(CCCn1ccnc1)c1nc2ccc(Cl)cc2s1. The van der Waals surface area contributed by atoms with Crippen LogP contribution in [-0.4, -0.2) is 27.0 Å². The second-order valence-corrected chi connectivity index (χ2v) is 8.11. The molecule has 0 aliphatic heterocycles. The summed E-state index contributed by atoms with van der Waals surface area (Å²) in [5, 5.41) is 1.90. The van der Waals surface area contributed by atoms with Gasteiger partial charge in [-0.05, 0) is 48.9 Å². The molecule has 0 atom stereocenters. The summed E-state index contributed by atoms with van der Waals surface area (Å²) in [6.07, 6.45) is 6.19. The van der Waals surface area contributed by atoms with E-state index in [1.807, 2.05) is 22.9 Å². The number of halogens is 2. The van der Waals surface area contributed by atoms with Crippen molar-refractivity contribution in [2.24, 2.45) is 0 Å². The van der Waals surface area contributed by atoms with Gasteiger partial charge in [0.05, 0.1) is 16.5 Å². The van der Waals surface area contributed by atoms with E-state index in [-0.39, 0.29) is 5.91 Å². The Kier molecular flexibility index (Phi) is 5.62. The zero-order chi connectivity index (χ0) is 19.5. The molecule has 0 aliphatic rings. The van der Waals surface area contributed by atoms with Crippen LogP contribution in [-0.2, 0) is 6.54 Å². The Morgan fingerprint density at radius 3 is 2.64 bits per heavy atom. The Morgan fingerprint density at radius 2 is 1.89 bits per heavy atom. The highest BCUT2D eigenvalue weighted by atomic mass is 35.5. The molecule has 1 amide bonds. The Balaban J connectivity index is 1.62. The van der Waals surface area contributed by atoms with Crippen molar-refractivity contribution in [3.05, 3.63) is 76.8 Å². The summed E-state index contributed by atoms with van der Waals surface area (Å²) in [5.74, 6) is -0.104. The van der Waals surface area contributed by atoms with Crippen molar-refractivity contribution in [3.8, 4) is 0 Å². The zero-order valence-electron chi connectivity index (χ0n) is 14.8. The number of amides is 1. The number of rotatable bonds is 6. The molecule has 0 bridgehead atoms. The Morgan fingerprint density at radius 1 is 1.11 bits per heavy atom. The molecule has 2 heterocycles. The number of hydrogen-bond donors (Lipinski definition) is 0. The van der Waals surface area contributed by atoms with Gasteiger partial charge in [-0.1, -0.05) is 34.5 Å². The van der Waals surface area contributed by atoms with Crippen molar-refractivity contribution >= 4 is 55.8 Å². The summed E-state index contributed by atoms with van der Waals surface area (Å²) in [6.45, 7) is 1.30. The van der Waals surface area contributed by atoms with Gasteiger partial charge in [-0.15, -0.1) is 0 Å². The number of thiazole rings is 1. The molecule has 0 aliphatic carbocycles. The van der Waals surface area contributed by atoms with Crippen molar-refractivity contribution in [2.45, 2.75) is 13.0 Å². The fourth-order valence-electron chi connectivity index (χ4n) is 2.86. The summed E-state index contributed by atoms with van der Waals surface area (Å²) in [5.41, 5.74) is 1.40. The van der Waals surface area contributed by atoms with Crippen LogP contribution in [0.3, 0.4) is 0 Å². The number of aromatic nitrogens is 3. The average molecular weight is 431 g/mol. The van der Waals surface area contributed by atoms with Gasteiger partial charge in [0.15, 0.2) is 5.13 Å². The third-order valence-electron chi connectivity index (χ3n) is 4.26. The number of aryl methyl sites for hydroxylation is 1. The molecule has 142 valence electrons. The van der Waals surface area contributed by atoms with E-state index in [0.29, 0.717) is 27.3 Å². The molecule has 4 aromatic rings. The maximum atomic E-state index is 13.2. The van der Waals surface area contributed by atoms with Crippen molar-refractivity contribution in [2.75, 3.05) is 11.4 Å². The number of benzene rings is 2. The summed E-state index contributed by atoms with van der Waals surface area (Å²) in [4.78, 5) is 23.6. The summed E-state index contributed by atoms with van der Waals surface area (Å²) in [7, 11) is 0. The Hall–Kier alpha value is -2.41. The molecule has 0 unspecified atom stereocenters. The second kappa shape index (κ2) is 8.31. The Labute approximate surface area is 176 Å². The number of anilines is 1. The van der Waals surface area contributed by atoms with Crippen molar-refractivity contribution in [1.29, 1.82) is 0 Å². The van der Waals surface area contributed by atoms with Gasteiger partial charge in [0, 0.05) is 41.1 Å². The lowest BCUT2D eigenvalue weighted by Crippen LogP contribution is -2.32. The summed E-state index contributed by atoms with van der Waals surface area (Å²) in [6, 6.07) is 12.4. The Bertz CT molecular complexity index is 1090. The van der Waals surface area contributed by atoms with Crippen LogP contribution in [0.2, 0.25) is 10.0 Å². The highest BCUT2D eigenvalue weighted by Gasteiger charge is 2.21. The highest BCUT2D eigenvalue weighted by molar-refractivity contribution is 7.22. The first kappa shape index (κ1) is 18.9. The number of carbonyl (C=O) groups is 1. The second-order valence-electron chi connectivity index (χ2n) is 6.23. The van der Waals surface area contributed by atoms with Gasteiger partial charge in [0.1, 0.15) is 0 Å². The van der Waals surface area contributed by atoms with Crippen molar-refractivity contribution < 1.29 is 4.79 Å². The molecule has 4 rings (SSSR count). The van der Waals surface area contributed by atoms with E-state index in [1.165, 1.54) is 11.3 Å². The van der Waals surface area contributed by atoms with Crippen LogP contribution in [0.25, 0.3) is 10.2 Å². The zero-order valence-corrected chi connectivity index (χ0v) is 17.1. The molecule has 0 radical (unpaired) electrons. The molecule has 28 heavy (non-hydrogen) atoms. The van der Waals surface area contributed by atoms with Gasteiger partial charge in [-0.3, -0.25) is 9.69 Å². The fraction of sp³-hybridized carbons (Fsp3) is 0.150. The lowest BCUT2D eigenvalue weighted by atomic mass is 10.2. The topological polar surface area (TPSA) is 51.0 Å². The van der Waals surface area contributed by atoms with Crippen LogP contribution in [0.4, 0.5) is 5.13 Å². The predicted octanol–water partition coefficient (Wildman–Crippen LogP) is 5.54. The summed E-state index contributed by atoms with van der Waals surface area (Å²) >= 11 is 13.5. The lowest BCUT2D eigenvalue weighted by molar-refractivity contribution is 0.0986. The van der Waals surface area contributed by atoms with E-state index in [1.54, 1.807) is 47.8 Å². The number of nitrogens with zero attached hydrogens (tertiary/aromatic N) is 4. The maximum Gasteiger partial charge on any atom is 0.260 e. The normalized spacial score (nSPS) is 11.1. The smallest absolute Gasteiger partial charge is 0.260 e. The standard InChI is InChI=1S/C20H16Cl2N4OS/c21-15-4-2-14(3-5-15)19(27)26(10-1-9-25-11-8-23-13-25)20-24-17-7-6-16(22)12-18(17)28-20/h2-8,11-13H,1,9-10H2. The van der Waals surface area contributed by atoms with Gasteiger partial charge in [0.2, 0.25) is 0 Å². The number of carbonyl (C=O) groups excluding carboxylic acids is 1. The molecule has 5 nitrogen and oxygen atoms in total. The first-order chi connectivity index (χ1) is 13.6. The summed E-state index contributed by atoms with van der Waals surface area (Å²) < 4.78 is 2.94. The molecule has 0 spiro atoms. The van der Waals surface area contributed by atoms with Crippen LogP contribution >= 0.6 is 34.5 Å². The molecular weight excluding hydrogens is 415 g/mol. The van der Waals surface area contributed by atoms with Crippen LogP contribution in [0.15, 0.2) is 61.2 Å². The van der Waals surface area contributed by atoms with E-state index in [2.05, 4.69) is 9.97 Å². The molecule has 8 heteroatoms. The minimum Gasteiger partial charge on any atom is -0.337 e. The van der Waals surface area contributed by atoms with Gasteiger partial charge in [0.25, 0.3) is 5.91 Å². The van der Waals surface area contributed by atoms with Crippen molar-refractivity contribution in [3.63, 3.8) is 0 Å². The van der Waals surface area contributed by atoms with Gasteiger partial charge >= 0.3 is 0 Å². The monoisotopic (exact) mass is 430 g/mol. The van der Waals surface area contributed by atoms with E-state index < -0.39 is 0 Å². The quantitative estimate of drug-likeness (QED) is 0.403. The molecule has 0 fully saturated rings. The first-order valence-electron chi connectivity index (χ1n) is 8.69.